The van der Waals surface area contributed by atoms with Gasteiger partial charge < -0.3 is 21.1 Å². The molecule has 0 unspecified atom stereocenters. The number of primary amides is 1. The lowest BCUT2D eigenvalue weighted by Gasteiger charge is -2.24. The predicted octanol–water partition coefficient (Wildman–Crippen LogP) is 2.04. The van der Waals surface area contributed by atoms with E-state index in [1.807, 2.05) is 66.7 Å². The molecule has 0 bridgehead atoms. The van der Waals surface area contributed by atoms with E-state index in [2.05, 4.69) is 10.6 Å². The van der Waals surface area contributed by atoms with Gasteiger partial charge in [-0.05, 0) is 17.0 Å². The number of nitrogens with zero attached hydrogens (tertiary/aromatic N) is 1. The Morgan fingerprint density at radius 2 is 1.58 bits per heavy atom. The minimum atomic E-state index is -1.03. The van der Waals surface area contributed by atoms with E-state index in [1.165, 1.54) is 0 Å². The third-order valence-electron chi connectivity index (χ3n) is 4.69. The van der Waals surface area contributed by atoms with E-state index < -0.39 is 35.9 Å². The third kappa shape index (κ3) is 7.82. The zero-order valence-electron chi connectivity index (χ0n) is 17.3. The maximum Gasteiger partial charge on any atom is 0.408 e. The summed E-state index contributed by atoms with van der Waals surface area (Å²) < 4.78 is 5.22. The van der Waals surface area contributed by atoms with Crippen LogP contribution in [0.5, 0.6) is 0 Å². The van der Waals surface area contributed by atoms with Gasteiger partial charge in [-0.2, -0.15) is 5.26 Å². The molecule has 0 aromatic heterocycles. The van der Waals surface area contributed by atoms with Gasteiger partial charge in [-0.1, -0.05) is 67.6 Å². The van der Waals surface area contributed by atoms with Gasteiger partial charge in [-0.3, -0.25) is 9.59 Å². The van der Waals surface area contributed by atoms with E-state index in [9.17, 15) is 14.4 Å². The Bertz CT molecular complexity index is 912. The number of ether oxygens (including phenoxy) is 1. The fraction of sp³-hybridized carbons (Fsp3) is 0.304. The number of hydrogen-bond acceptors (Lipinski definition) is 5. The Hall–Kier alpha value is -3.86. The molecule has 0 radical (unpaired) electrons. The van der Waals surface area contributed by atoms with Gasteiger partial charge in [-0.25, -0.2) is 4.79 Å². The summed E-state index contributed by atoms with van der Waals surface area (Å²) in [5.74, 6) is -1.82. The first-order valence-electron chi connectivity index (χ1n) is 9.88. The predicted molar refractivity (Wildman–Crippen MR) is 114 cm³/mol. The summed E-state index contributed by atoms with van der Waals surface area (Å²) in [7, 11) is 0. The van der Waals surface area contributed by atoms with Crippen molar-refractivity contribution in [3.05, 3.63) is 71.8 Å². The molecule has 8 heteroatoms. The van der Waals surface area contributed by atoms with Crippen molar-refractivity contribution in [2.45, 2.75) is 38.5 Å². The molecule has 2 aromatic carbocycles. The molecule has 162 valence electrons. The Kier molecular flexibility index (Phi) is 9.05. The number of carbonyl (C=O) groups is 3. The van der Waals surface area contributed by atoms with Crippen LogP contribution < -0.4 is 16.4 Å². The highest BCUT2D eigenvalue weighted by molar-refractivity contribution is 5.91. The topological polar surface area (TPSA) is 134 Å². The zero-order chi connectivity index (χ0) is 22.6. The SMILES string of the molecule is C[C@@H](CC#N)[C@@H](NC(=O)[C@@H](Cc1ccccc1)NC(=O)OCc1ccccc1)C(N)=O. The number of nitrogens with two attached hydrogens (primary N) is 1. The highest BCUT2D eigenvalue weighted by Gasteiger charge is 2.29. The Balaban J connectivity index is 2.09. The van der Waals surface area contributed by atoms with Crippen LogP contribution in [0, 0.1) is 17.2 Å². The lowest BCUT2D eigenvalue weighted by atomic mass is 9.97. The van der Waals surface area contributed by atoms with Crippen molar-refractivity contribution in [2.24, 2.45) is 11.7 Å². The molecule has 8 nitrogen and oxygen atoms in total. The van der Waals surface area contributed by atoms with Gasteiger partial charge in [0.25, 0.3) is 0 Å². The van der Waals surface area contributed by atoms with E-state index in [0.29, 0.717) is 0 Å². The summed E-state index contributed by atoms with van der Waals surface area (Å²) in [5.41, 5.74) is 7.03. The van der Waals surface area contributed by atoms with Gasteiger partial charge in [0.1, 0.15) is 18.7 Å². The van der Waals surface area contributed by atoms with Crippen LogP contribution in [0.2, 0.25) is 0 Å². The maximum absolute atomic E-state index is 12.9. The van der Waals surface area contributed by atoms with Gasteiger partial charge in [0.2, 0.25) is 11.8 Å². The van der Waals surface area contributed by atoms with Gasteiger partial charge in [-0.15, -0.1) is 0 Å². The molecule has 4 N–H and O–H groups in total. The van der Waals surface area contributed by atoms with Gasteiger partial charge in [0.05, 0.1) is 6.07 Å². The second kappa shape index (κ2) is 12.0. The quantitative estimate of drug-likeness (QED) is 0.539. The largest absolute Gasteiger partial charge is 0.445 e. The fourth-order valence-corrected chi connectivity index (χ4v) is 2.98. The molecule has 3 atom stereocenters. The van der Waals surface area contributed by atoms with Crippen molar-refractivity contribution in [2.75, 3.05) is 0 Å². The van der Waals surface area contributed by atoms with Crippen molar-refractivity contribution in [3.63, 3.8) is 0 Å². The van der Waals surface area contributed by atoms with Crippen molar-refractivity contribution in [3.8, 4) is 6.07 Å². The molecule has 0 saturated heterocycles. The van der Waals surface area contributed by atoms with E-state index >= 15 is 0 Å². The first kappa shape index (κ1) is 23.4. The van der Waals surface area contributed by atoms with Crippen molar-refractivity contribution in [1.29, 1.82) is 5.26 Å². The normalized spacial score (nSPS) is 13.2. The van der Waals surface area contributed by atoms with E-state index in [-0.39, 0.29) is 19.4 Å². The van der Waals surface area contributed by atoms with Gasteiger partial charge >= 0.3 is 6.09 Å². The molecular formula is C23H26N4O4. The molecule has 3 amide bonds. The number of benzene rings is 2. The van der Waals surface area contributed by atoms with Crippen LogP contribution in [-0.4, -0.2) is 30.0 Å². The van der Waals surface area contributed by atoms with Crippen LogP contribution in [0.25, 0.3) is 0 Å². The fourth-order valence-electron chi connectivity index (χ4n) is 2.98. The smallest absolute Gasteiger partial charge is 0.408 e. The first-order valence-corrected chi connectivity index (χ1v) is 9.88. The monoisotopic (exact) mass is 422 g/mol. The summed E-state index contributed by atoms with van der Waals surface area (Å²) in [6, 6.07) is 18.2. The lowest BCUT2D eigenvalue weighted by molar-refractivity contribution is -0.129. The molecular weight excluding hydrogens is 396 g/mol. The summed E-state index contributed by atoms with van der Waals surface area (Å²) >= 11 is 0. The minimum Gasteiger partial charge on any atom is -0.445 e. The van der Waals surface area contributed by atoms with Crippen LogP contribution in [0.1, 0.15) is 24.5 Å². The van der Waals surface area contributed by atoms with Crippen LogP contribution in [0.4, 0.5) is 4.79 Å². The first-order chi connectivity index (χ1) is 14.9. The van der Waals surface area contributed by atoms with Crippen LogP contribution in [-0.2, 0) is 27.4 Å². The lowest BCUT2D eigenvalue weighted by Crippen LogP contribution is -2.55. The van der Waals surface area contributed by atoms with Crippen LogP contribution >= 0.6 is 0 Å². The molecule has 0 aliphatic rings. The molecule has 0 spiro atoms. The average molecular weight is 422 g/mol. The average Bonchev–Trinajstić information content (AvgIpc) is 2.76. The Morgan fingerprint density at radius 1 is 1.00 bits per heavy atom. The number of nitrogens with one attached hydrogen (secondary N) is 2. The Labute approximate surface area is 181 Å². The van der Waals surface area contributed by atoms with Crippen molar-refractivity contribution in [1.82, 2.24) is 10.6 Å². The van der Waals surface area contributed by atoms with Crippen LogP contribution in [0.15, 0.2) is 60.7 Å². The Morgan fingerprint density at radius 3 is 2.13 bits per heavy atom. The minimum absolute atomic E-state index is 0.0454. The van der Waals surface area contributed by atoms with E-state index in [0.717, 1.165) is 11.1 Å². The van der Waals surface area contributed by atoms with E-state index in [1.54, 1.807) is 6.92 Å². The number of nitriles is 1. The zero-order valence-corrected chi connectivity index (χ0v) is 17.3. The molecule has 0 heterocycles. The molecule has 0 fully saturated rings. The molecule has 0 aliphatic heterocycles. The number of alkyl carbamates (subject to hydrolysis) is 1. The van der Waals surface area contributed by atoms with Gasteiger partial charge in [0, 0.05) is 12.8 Å². The highest BCUT2D eigenvalue weighted by atomic mass is 16.5. The maximum atomic E-state index is 12.9. The molecule has 0 aliphatic carbocycles. The van der Waals surface area contributed by atoms with Crippen molar-refractivity contribution >= 4 is 17.9 Å². The van der Waals surface area contributed by atoms with Crippen LogP contribution in [0.3, 0.4) is 0 Å². The number of hydrogen-bond donors (Lipinski definition) is 3. The third-order valence-corrected chi connectivity index (χ3v) is 4.69. The number of rotatable bonds is 10. The summed E-state index contributed by atoms with van der Waals surface area (Å²) in [5, 5.41) is 14.0. The van der Waals surface area contributed by atoms with Gasteiger partial charge in [0.15, 0.2) is 0 Å². The molecule has 2 rings (SSSR count). The molecule has 31 heavy (non-hydrogen) atoms. The summed E-state index contributed by atoms with van der Waals surface area (Å²) in [4.78, 5) is 37.0. The summed E-state index contributed by atoms with van der Waals surface area (Å²) in [6.45, 7) is 1.70. The highest BCUT2D eigenvalue weighted by Crippen LogP contribution is 2.10. The molecule has 0 saturated carbocycles. The second-order valence-corrected chi connectivity index (χ2v) is 7.18. The number of carbonyl (C=O) groups excluding carboxylic acids is 3. The van der Waals surface area contributed by atoms with E-state index in [4.69, 9.17) is 15.7 Å². The second-order valence-electron chi connectivity index (χ2n) is 7.18. The standard InChI is InChI=1S/C23H26N4O4/c1-16(12-13-24)20(21(25)28)27-22(29)19(14-17-8-4-2-5-9-17)26-23(30)31-15-18-10-6-3-7-11-18/h2-11,16,19-20H,12,14-15H2,1H3,(H2,25,28)(H,26,30)(H,27,29)/t16-,19+,20+/m0/s1. The molecule has 2 aromatic rings. The number of amides is 3. The van der Waals surface area contributed by atoms with Crippen molar-refractivity contribution < 1.29 is 19.1 Å². The summed E-state index contributed by atoms with van der Waals surface area (Å²) in [6.07, 6.45) is -0.532.